The summed E-state index contributed by atoms with van der Waals surface area (Å²) in [6, 6.07) is 1.73. The van der Waals surface area contributed by atoms with Crippen molar-refractivity contribution in [2.75, 3.05) is 6.61 Å². The van der Waals surface area contributed by atoms with E-state index >= 15 is 0 Å². The number of nitrogens with zero attached hydrogens (tertiary/aromatic N) is 2. The van der Waals surface area contributed by atoms with Gasteiger partial charge in [0.15, 0.2) is 0 Å². The van der Waals surface area contributed by atoms with Crippen molar-refractivity contribution in [2.24, 2.45) is 5.41 Å². The van der Waals surface area contributed by atoms with Gasteiger partial charge in [-0.15, -0.1) is 0 Å². The minimum atomic E-state index is -0.395. The van der Waals surface area contributed by atoms with E-state index < -0.39 is 5.41 Å². The van der Waals surface area contributed by atoms with Crippen molar-refractivity contribution in [2.45, 2.75) is 32.6 Å². The minimum absolute atomic E-state index is 0.118. The van der Waals surface area contributed by atoms with E-state index in [0.29, 0.717) is 11.8 Å². The summed E-state index contributed by atoms with van der Waals surface area (Å²) in [4.78, 5) is 20.0. The van der Waals surface area contributed by atoms with E-state index in [0.717, 1.165) is 18.5 Å². The molecular formula is C12H15ClN2O2. The second-order valence-electron chi connectivity index (χ2n) is 4.25. The number of rotatable bonds is 4. The highest BCUT2D eigenvalue weighted by molar-refractivity contribution is 6.29. The first kappa shape index (κ1) is 12.3. The SMILES string of the molecule is CCOC(=O)[C@@]1(CC)C[C@@H]1c1cc(Cl)ncn1. The van der Waals surface area contributed by atoms with Gasteiger partial charge in [0.2, 0.25) is 0 Å². The number of ether oxygens (including phenoxy) is 1. The molecule has 0 aliphatic heterocycles. The van der Waals surface area contributed by atoms with Crippen LogP contribution in [0.3, 0.4) is 0 Å². The van der Waals surface area contributed by atoms with Crippen molar-refractivity contribution in [3.05, 3.63) is 23.2 Å². The zero-order valence-electron chi connectivity index (χ0n) is 9.94. The fourth-order valence-electron chi connectivity index (χ4n) is 2.27. The third-order valence-corrected chi connectivity index (χ3v) is 3.61. The summed E-state index contributed by atoms with van der Waals surface area (Å²) >= 11 is 5.83. The average molecular weight is 255 g/mol. The summed E-state index contributed by atoms with van der Waals surface area (Å²) in [6.45, 7) is 4.23. The smallest absolute Gasteiger partial charge is 0.312 e. The first-order valence-electron chi connectivity index (χ1n) is 5.78. The highest BCUT2D eigenvalue weighted by Gasteiger charge is 2.61. The number of esters is 1. The summed E-state index contributed by atoms with van der Waals surface area (Å²) in [5.41, 5.74) is 0.438. The first-order valence-corrected chi connectivity index (χ1v) is 6.16. The van der Waals surface area contributed by atoms with Gasteiger partial charge in [-0.3, -0.25) is 4.79 Å². The maximum absolute atomic E-state index is 11.9. The standard InChI is InChI=1S/C12H15ClN2O2/c1-3-12(11(16)17-4-2)6-8(12)9-5-10(13)15-7-14-9/h5,7-8H,3-4,6H2,1-2H3/t8-,12+/m1/s1. The Morgan fingerprint density at radius 1 is 1.59 bits per heavy atom. The van der Waals surface area contributed by atoms with Crippen LogP contribution < -0.4 is 0 Å². The van der Waals surface area contributed by atoms with Gasteiger partial charge in [-0.2, -0.15) is 0 Å². The number of hydrogen-bond acceptors (Lipinski definition) is 4. The number of halogens is 1. The molecule has 2 atom stereocenters. The topological polar surface area (TPSA) is 52.1 Å². The molecule has 4 nitrogen and oxygen atoms in total. The predicted molar refractivity (Wildman–Crippen MR) is 63.8 cm³/mol. The highest BCUT2D eigenvalue weighted by Crippen LogP contribution is 2.61. The Bertz CT molecular complexity index is 438. The molecule has 2 rings (SSSR count). The average Bonchev–Trinajstić information content (AvgIpc) is 3.05. The van der Waals surface area contributed by atoms with E-state index in [1.165, 1.54) is 6.33 Å². The molecular weight excluding hydrogens is 240 g/mol. The van der Waals surface area contributed by atoms with Crippen LogP contribution in [0.4, 0.5) is 0 Å². The van der Waals surface area contributed by atoms with Gasteiger partial charge >= 0.3 is 5.97 Å². The van der Waals surface area contributed by atoms with Gasteiger partial charge in [-0.25, -0.2) is 9.97 Å². The molecule has 17 heavy (non-hydrogen) atoms. The molecule has 0 bridgehead atoms. The van der Waals surface area contributed by atoms with Crippen LogP contribution in [0.15, 0.2) is 12.4 Å². The molecule has 1 saturated carbocycles. The van der Waals surface area contributed by atoms with Gasteiger partial charge in [0.25, 0.3) is 0 Å². The molecule has 0 spiro atoms. The molecule has 1 aromatic heterocycles. The molecule has 1 aliphatic carbocycles. The Labute approximate surface area is 105 Å². The Morgan fingerprint density at radius 2 is 2.35 bits per heavy atom. The zero-order chi connectivity index (χ0) is 12.5. The number of hydrogen-bond donors (Lipinski definition) is 0. The largest absolute Gasteiger partial charge is 0.466 e. The van der Waals surface area contributed by atoms with Crippen molar-refractivity contribution < 1.29 is 9.53 Å². The lowest BCUT2D eigenvalue weighted by Crippen LogP contribution is -2.20. The molecule has 1 fully saturated rings. The molecule has 5 heteroatoms. The maximum Gasteiger partial charge on any atom is 0.312 e. The molecule has 0 N–H and O–H groups in total. The molecule has 0 amide bonds. The van der Waals surface area contributed by atoms with Crippen LogP contribution in [0.2, 0.25) is 5.15 Å². The lowest BCUT2D eigenvalue weighted by molar-refractivity contribution is -0.150. The molecule has 1 heterocycles. The summed E-state index contributed by atoms with van der Waals surface area (Å²) in [7, 11) is 0. The van der Waals surface area contributed by atoms with E-state index in [4.69, 9.17) is 16.3 Å². The second-order valence-corrected chi connectivity index (χ2v) is 4.64. The van der Waals surface area contributed by atoms with Crippen LogP contribution in [-0.2, 0) is 9.53 Å². The normalized spacial score (nSPS) is 26.6. The number of carbonyl (C=O) groups excluding carboxylic acids is 1. The Hall–Kier alpha value is -1.16. The maximum atomic E-state index is 11.9. The van der Waals surface area contributed by atoms with Crippen LogP contribution >= 0.6 is 11.6 Å². The van der Waals surface area contributed by atoms with Crippen molar-refractivity contribution >= 4 is 17.6 Å². The van der Waals surface area contributed by atoms with E-state index in [1.807, 2.05) is 13.8 Å². The van der Waals surface area contributed by atoms with Gasteiger partial charge in [-0.05, 0) is 25.8 Å². The Morgan fingerprint density at radius 3 is 2.94 bits per heavy atom. The van der Waals surface area contributed by atoms with Gasteiger partial charge < -0.3 is 4.74 Å². The second kappa shape index (κ2) is 4.61. The molecule has 1 aromatic rings. The van der Waals surface area contributed by atoms with Crippen LogP contribution in [0.1, 0.15) is 38.3 Å². The predicted octanol–water partition coefficient (Wildman–Crippen LogP) is 2.58. The van der Waals surface area contributed by atoms with Gasteiger partial charge in [0, 0.05) is 11.6 Å². The number of aromatic nitrogens is 2. The van der Waals surface area contributed by atoms with Crippen molar-refractivity contribution in [1.82, 2.24) is 9.97 Å². The van der Waals surface area contributed by atoms with E-state index in [9.17, 15) is 4.79 Å². The van der Waals surface area contributed by atoms with Crippen molar-refractivity contribution in [3.63, 3.8) is 0 Å². The zero-order valence-corrected chi connectivity index (χ0v) is 10.7. The van der Waals surface area contributed by atoms with Gasteiger partial charge in [-0.1, -0.05) is 18.5 Å². The summed E-state index contributed by atoms with van der Waals surface area (Å²) in [5.74, 6) is -0.00529. The minimum Gasteiger partial charge on any atom is -0.466 e. The van der Waals surface area contributed by atoms with Gasteiger partial charge in [0.05, 0.1) is 12.0 Å². The quantitative estimate of drug-likeness (QED) is 0.612. The molecule has 0 unspecified atom stereocenters. The molecule has 0 radical (unpaired) electrons. The fourth-order valence-corrected chi connectivity index (χ4v) is 2.42. The summed E-state index contributed by atoms with van der Waals surface area (Å²) < 4.78 is 5.13. The molecule has 92 valence electrons. The third-order valence-electron chi connectivity index (χ3n) is 3.40. The van der Waals surface area contributed by atoms with Gasteiger partial charge in [0.1, 0.15) is 11.5 Å². The fraction of sp³-hybridized carbons (Fsp3) is 0.583. The molecule has 0 saturated heterocycles. The molecule has 0 aromatic carbocycles. The summed E-state index contributed by atoms with van der Waals surface area (Å²) in [5, 5.41) is 0.413. The Kier molecular flexibility index (Phi) is 3.33. The number of carbonyl (C=O) groups is 1. The van der Waals surface area contributed by atoms with Crippen molar-refractivity contribution in [1.29, 1.82) is 0 Å². The van der Waals surface area contributed by atoms with E-state index in [-0.39, 0.29) is 11.9 Å². The van der Waals surface area contributed by atoms with Crippen molar-refractivity contribution in [3.8, 4) is 0 Å². The van der Waals surface area contributed by atoms with E-state index in [1.54, 1.807) is 6.07 Å². The van der Waals surface area contributed by atoms with Crippen LogP contribution in [0.25, 0.3) is 0 Å². The highest BCUT2D eigenvalue weighted by atomic mass is 35.5. The van der Waals surface area contributed by atoms with Crippen LogP contribution in [0, 0.1) is 5.41 Å². The molecule has 1 aliphatic rings. The van der Waals surface area contributed by atoms with Crippen LogP contribution in [0.5, 0.6) is 0 Å². The van der Waals surface area contributed by atoms with Crippen LogP contribution in [-0.4, -0.2) is 22.5 Å². The monoisotopic (exact) mass is 254 g/mol. The summed E-state index contributed by atoms with van der Waals surface area (Å²) in [6.07, 6.45) is 2.98. The van der Waals surface area contributed by atoms with E-state index in [2.05, 4.69) is 9.97 Å². The first-order chi connectivity index (χ1) is 8.14. The lowest BCUT2D eigenvalue weighted by Gasteiger charge is -2.13. The Balaban J connectivity index is 2.18. The lowest BCUT2D eigenvalue weighted by atomic mass is 9.99. The third kappa shape index (κ3) is 2.14.